The number of nitriles is 1. The summed E-state index contributed by atoms with van der Waals surface area (Å²) in [5, 5.41) is 20.3. The van der Waals surface area contributed by atoms with Gasteiger partial charge in [-0.1, -0.05) is 6.07 Å². The highest BCUT2D eigenvalue weighted by molar-refractivity contribution is 6.04. The van der Waals surface area contributed by atoms with Crippen molar-refractivity contribution in [2.75, 3.05) is 43.1 Å². The second-order valence-corrected chi connectivity index (χ2v) is 9.13. The lowest BCUT2D eigenvalue weighted by molar-refractivity contribution is 0.102. The molecule has 0 aliphatic carbocycles. The normalized spacial score (nSPS) is 13.7. The molecule has 36 heavy (non-hydrogen) atoms. The maximum Gasteiger partial charge on any atom is 0.257 e. The molecule has 1 amide bonds. The Hall–Kier alpha value is -4.03. The van der Waals surface area contributed by atoms with Gasteiger partial charge in [-0.2, -0.15) is 15.5 Å². The van der Waals surface area contributed by atoms with Crippen LogP contribution in [0.1, 0.15) is 42.4 Å². The van der Waals surface area contributed by atoms with Gasteiger partial charge in [0, 0.05) is 30.5 Å². The molecule has 3 aromatic rings. The minimum Gasteiger partial charge on any atom is -0.476 e. The lowest BCUT2D eigenvalue weighted by Crippen LogP contribution is -2.36. The number of aryl methyl sites for hydroxylation is 1. The quantitative estimate of drug-likeness (QED) is 0.530. The minimum atomic E-state index is -0.848. The molecule has 1 saturated heterocycles. The molecule has 186 valence electrons. The Balaban J connectivity index is 1.63. The van der Waals surface area contributed by atoms with Gasteiger partial charge in [0.25, 0.3) is 5.91 Å². The van der Waals surface area contributed by atoms with Crippen molar-refractivity contribution in [2.24, 2.45) is 0 Å². The lowest BCUT2D eigenvalue weighted by Gasteiger charge is -2.30. The molecule has 0 unspecified atom stereocenters. The van der Waals surface area contributed by atoms with Gasteiger partial charge < -0.3 is 19.7 Å². The Labute approximate surface area is 211 Å². The third-order valence-electron chi connectivity index (χ3n) is 6.11. The standard InChI is InChI=1S/C27H30N6O3/c1-5-36-26-23(33-8-10-35-11-9-33)12-19(15-29-26)22-14-21(7-6-18(22)2)31-25(34)20-13-24(32-30-16-20)27(3,4)17-28/h6-7,12-16H,5,8-11H2,1-4H3,(H,31,34). The van der Waals surface area contributed by atoms with Crippen LogP contribution in [0.3, 0.4) is 0 Å². The van der Waals surface area contributed by atoms with Crippen molar-refractivity contribution >= 4 is 17.3 Å². The van der Waals surface area contributed by atoms with Gasteiger partial charge in [-0.15, -0.1) is 0 Å². The summed E-state index contributed by atoms with van der Waals surface area (Å²) in [4.78, 5) is 19.8. The molecule has 0 bridgehead atoms. The number of pyridine rings is 1. The van der Waals surface area contributed by atoms with Crippen molar-refractivity contribution in [2.45, 2.75) is 33.1 Å². The number of hydrogen-bond donors (Lipinski definition) is 1. The maximum atomic E-state index is 13.0. The number of hydrogen-bond acceptors (Lipinski definition) is 8. The fourth-order valence-electron chi connectivity index (χ4n) is 3.93. The topological polar surface area (TPSA) is 113 Å². The van der Waals surface area contributed by atoms with Gasteiger partial charge in [-0.25, -0.2) is 4.98 Å². The molecule has 2 aromatic heterocycles. The second-order valence-electron chi connectivity index (χ2n) is 9.13. The van der Waals surface area contributed by atoms with Crippen LogP contribution in [0.2, 0.25) is 0 Å². The Bertz CT molecular complexity index is 1290. The first-order valence-corrected chi connectivity index (χ1v) is 11.9. The first kappa shape index (κ1) is 25.1. The highest BCUT2D eigenvalue weighted by Gasteiger charge is 2.24. The monoisotopic (exact) mass is 486 g/mol. The number of rotatable bonds is 7. The van der Waals surface area contributed by atoms with Gasteiger partial charge in [0.1, 0.15) is 5.69 Å². The van der Waals surface area contributed by atoms with Crippen molar-refractivity contribution in [1.29, 1.82) is 5.26 Å². The van der Waals surface area contributed by atoms with Gasteiger partial charge in [-0.3, -0.25) is 4.79 Å². The van der Waals surface area contributed by atoms with Gasteiger partial charge in [-0.05, 0) is 63.1 Å². The van der Waals surface area contributed by atoms with Crippen molar-refractivity contribution < 1.29 is 14.3 Å². The fraction of sp³-hybridized carbons (Fsp3) is 0.370. The van der Waals surface area contributed by atoms with Crippen molar-refractivity contribution in [3.8, 4) is 23.1 Å². The van der Waals surface area contributed by atoms with Gasteiger partial charge in [0.05, 0.1) is 48.8 Å². The summed E-state index contributed by atoms with van der Waals surface area (Å²) in [5.41, 5.74) is 4.44. The van der Waals surface area contributed by atoms with E-state index in [9.17, 15) is 10.1 Å². The summed E-state index contributed by atoms with van der Waals surface area (Å²) in [6.45, 7) is 10.8. The number of morpholine rings is 1. The largest absolute Gasteiger partial charge is 0.476 e. The van der Waals surface area contributed by atoms with Crippen molar-refractivity contribution in [3.63, 3.8) is 0 Å². The molecule has 0 saturated carbocycles. The maximum absolute atomic E-state index is 13.0. The van der Waals surface area contributed by atoms with Crippen LogP contribution in [0.5, 0.6) is 5.88 Å². The number of nitrogens with one attached hydrogen (secondary N) is 1. The molecule has 1 aromatic carbocycles. The van der Waals surface area contributed by atoms with E-state index in [0.29, 0.717) is 42.6 Å². The van der Waals surface area contributed by atoms with Gasteiger partial charge >= 0.3 is 0 Å². The smallest absolute Gasteiger partial charge is 0.257 e. The number of aromatic nitrogens is 3. The summed E-state index contributed by atoms with van der Waals surface area (Å²) >= 11 is 0. The van der Waals surface area contributed by atoms with Crippen LogP contribution in [-0.4, -0.2) is 54.0 Å². The SMILES string of the molecule is CCOc1ncc(-c2cc(NC(=O)c3cnnc(C(C)(C)C#N)c3)ccc2C)cc1N1CCOCC1. The van der Waals surface area contributed by atoms with Gasteiger partial charge in [0.2, 0.25) is 5.88 Å². The summed E-state index contributed by atoms with van der Waals surface area (Å²) in [6, 6.07) is 11.6. The van der Waals surface area contributed by atoms with E-state index in [1.165, 1.54) is 6.20 Å². The number of nitrogens with zero attached hydrogens (tertiary/aromatic N) is 5. The van der Waals surface area contributed by atoms with Crippen LogP contribution < -0.4 is 15.0 Å². The number of carbonyl (C=O) groups excluding carboxylic acids is 1. The van der Waals surface area contributed by atoms with Crippen molar-refractivity contribution in [1.82, 2.24) is 15.2 Å². The molecule has 1 fully saturated rings. The summed E-state index contributed by atoms with van der Waals surface area (Å²) in [7, 11) is 0. The Morgan fingerprint density at radius 3 is 2.72 bits per heavy atom. The molecule has 0 spiro atoms. The summed E-state index contributed by atoms with van der Waals surface area (Å²) in [6.07, 6.45) is 3.19. The highest BCUT2D eigenvalue weighted by Crippen LogP contribution is 2.34. The van der Waals surface area contributed by atoms with E-state index in [4.69, 9.17) is 9.47 Å². The van der Waals surface area contributed by atoms with Crippen LogP contribution in [-0.2, 0) is 10.2 Å². The Morgan fingerprint density at radius 1 is 1.22 bits per heavy atom. The van der Waals surface area contributed by atoms with E-state index < -0.39 is 5.41 Å². The minimum absolute atomic E-state index is 0.325. The van der Waals surface area contributed by atoms with Crippen LogP contribution in [0, 0.1) is 18.3 Å². The van der Waals surface area contributed by atoms with E-state index in [1.807, 2.05) is 32.0 Å². The van der Waals surface area contributed by atoms with E-state index in [0.717, 1.165) is 35.5 Å². The van der Waals surface area contributed by atoms with Crippen LogP contribution in [0.4, 0.5) is 11.4 Å². The number of ether oxygens (including phenoxy) is 2. The first-order valence-electron chi connectivity index (χ1n) is 11.9. The lowest BCUT2D eigenvalue weighted by atomic mass is 9.90. The van der Waals surface area contributed by atoms with Gasteiger partial charge in [0.15, 0.2) is 0 Å². The average molecular weight is 487 g/mol. The number of benzene rings is 1. The summed E-state index contributed by atoms with van der Waals surface area (Å²) < 4.78 is 11.3. The Morgan fingerprint density at radius 2 is 2.00 bits per heavy atom. The van der Waals surface area contributed by atoms with E-state index in [-0.39, 0.29) is 5.91 Å². The van der Waals surface area contributed by atoms with E-state index in [2.05, 4.69) is 37.5 Å². The zero-order chi connectivity index (χ0) is 25.7. The zero-order valence-corrected chi connectivity index (χ0v) is 21.0. The van der Waals surface area contributed by atoms with Crippen LogP contribution in [0.15, 0.2) is 42.7 Å². The molecule has 1 aliphatic heterocycles. The Kier molecular flexibility index (Phi) is 7.46. The molecule has 9 heteroatoms. The molecule has 0 radical (unpaired) electrons. The molecule has 9 nitrogen and oxygen atoms in total. The third kappa shape index (κ3) is 5.44. The highest BCUT2D eigenvalue weighted by atomic mass is 16.5. The predicted octanol–water partition coefficient (Wildman–Crippen LogP) is 4.14. The number of carbonyl (C=O) groups is 1. The molecule has 1 aliphatic rings. The molecule has 1 N–H and O–H groups in total. The third-order valence-corrected chi connectivity index (χ3v) is 6.11. The van der Waals surface area contributed by atoms with Crippen molar-refractivity contribution in [3.05, 3.63) is 59.5 Å². The summed E-state index contributed by atoms with van der Waals surface area (Å²) in [5.74, 6) is 0.278. The van der Waals surface area contributed by atoms with E-state index in [1.54, 1.807) is 26.1 Å². The first-order chi connectivity index (χ1) is 17.3. The van der Waals surface area contributed by atoms with Crippen LogP contribution >= 0.6 is 0 Å². The zero-order valence-electron chi connectivity index (χ0n) is 21.0. The predicted molar refractivity (Wildman–Crippen MR) is 137 cm³/mol. The average Bonchev–Trinajstić information content (AvgIpc) is 2.91. The second kappa shape index (κ2) is 10.7. The molecular weight excluding hydrogens is 456 g/mol. The van der Waals surface area contributed by atoms with E-state index >= 15 is 0 Å². The molecule has 3 heterocycles. The van der Waals surface area contributed by atoms with Crippen LogP contribution in [0.25, 0.3) is 11.1 Å². The number of amides is 1. The molecule has 0 atom stereocenters. The number of anilines is 2. The molecule has 4 rings (SSSR count). The fourth-order valence-corrected chi connectivity index (χ4v) is 3.93. The molecular formula is C27H30N6O3.